The van der Waals surface area contributed by atoms with Gasteiger partial charge in [0.05, 0.1) is 30.6 Å². The zero-order valence-electron chi connectivity index (χ0n) is 23.1. The number of hydrogen-bond acceptors (Lipinski definition) is 7. The molecule has 2 aromatic carbocycles. The molecule has 0 heterocycles. The molecule has 9 nitrogen and oxygen atoms in total. The summed E-state index contributed by atoms with van der Waals surface area (Å²) in [5, 5.41) is 17.1. The van der Waals surface area contributed by atoms with Gasteiger partial charge in [0, 0.05) is 22.0 Å². The van der Waals surface area contributed by atoms with Gasteiger partial charge in [-0.25, -0.2) is 0 Å². The lowest BCUT2D eigenvalue weighted by Gasteiger charge is -2.46. The molecule has 3 N–H and O–H groups in total. The van der Waals surface area contributed by atoms with Crippen LogP contribution in [0.2, 0.25) is 5.02 Å². The highest BCUT2D eigenvalue weighted by atomic mass is 35.5. The highest BCUT2D eigenvalue weighted by Crippen LogP contribution is 2.50. The number of allylic oxidation sites excluding steroid dienone is 1. The molecular weight excluding hydrogens is 548 g/mol. The van der Waals surface area contributed by atoms with Crippen molar-refractivity contribution in [3.8, 4) is 5.75 Å². The van der Waals surface area contributed by atoms with E-state index in [1.54, 1.807) is 63.2 Å². The number of Topliss-reactive ketones (excluding diaryl/α,β-unsaturated/α-hetero) is 3. The normalized spacial score (nSPS) is 25.6. The molecule has 0 saturated heterocycles. The lowest BCUT2D eigenvalue weighted by atomic mass is 9.56. The number of methoxy groups -OCH3 is 1. The molecule has 5 atom stereocenters. The second-order valence-electron chi connectivity index (χ2n) is 11.8. The van der Waals surface area contributed by atoms with Crippen LogP contribution in [0.5, 0.6) is 5.75 Å². The number of halogens is 1. The van der Waals surface area contributed by atoms with Crippen LogP contribution in [-0.2, 0) is 20.8 Å². The number of amides is 2. The standard InChI is InChI=1S/C31H31ClN2O7/c1-31(2,3)34-30(40)23-27(37)22-17(24(28(23)38)33-29(39)14-8-6-5-7-9-14)13-15-12-16-18(32)10-11-19(41-4)21(16)25(35)20(15)26(22)36/h5-11,15,17,20,22,24,37H,12-13H2,1-4H3,(H,33,39)(H,34,40). The Morgan fingerprint density at radius 1 is 0.976 bits per heavy atom. The van der Waals surface area contributed by atoms with Crippen molar-refractivity contribution in [2.45, 2.75) is 45.2 Å². The first-order chi connectivity index (χ1) is 19.3. The monoisotopic (exact) mass is 578 g/mol. The number of nitrogens with one attached hydrogen (secondary N) is 2. The zero-order valence-corrected chi connectivity index (χ0v) is 23.9. The predicted molar refractivity (Wildman–Crippen MR) is 150 cm³/mol. The summed E-state index contributed by atoms with van der Waals surface area (Å²) in [6.45, 7) is 5.13. The van der Waals surface area contributed by atoms with Crippen LogP contribution in [0.4, 0.5) is 0 Å². The van der Waals surface area contributed by atoms with Gasteiger partial charge in [-0.2, -0.15) is 0 Å². The fourth-order valence-electron chi connectivity index (χ4n) is 6.38. The highest BCUT2D eigenvalue weighted by molar-refractivity contribution is 6.32. The first-order valence-corrected chi connectivity index (χ1v) is 13.8. The molecule has 1 saturated carbocycles. The Labute approximate surface area is 242 Å². The molecule has 5 rings (SSSR count). The summed E-state index contributed by atoms with van der Waals surface area (Å²) >= 11 is 6.46. The lowest BCUT2D eigenvalue weighted by Crippen LogP contribution is -2.60. The summed E-state index contributed by atoms with van der Waals surface area (Å²) in [6, 6.07) is 10.2. The van der Waals surface area contributed by atoms with E-state index in [0.717, 1.165) is 0 Å². The van der Waals surface area contributed by atoms with Gasteiger partial charge in [-0.15, -0.1) is 0 Å². The number of aliphatic hydroxyl groups is 1. The summed E-state index contributed by atoms with van der Waals surface area (Å²) in [7, 11) is 1.42. The number of rotatable bonds is 4. The maximum atomic E-state index is 14.1. The molecular formula is C31H31ClN2O7. The second kappa shape index (κ2) is 10.4. The SMILES string of the molecule is COc1ccc(Cl)c2c1C(=O)C1C(=O)C3C(O)=C(C(=O)NC(C)(C)C)C(=O)C(NC(=O)c4ccccc4)C3CC1C2. The molecule has 214 valence electrons. The molecule has 5 unspecified atom stereocenters. The first-order valence-electron chi connectivity index (χ1n) is 13.4. The molecule has 1 fully saturated rings. The average Bonchev–Trinajstić information content (AvgIpc) is 2.90. The van der Waals surface area contributed by atoms with Gasteiger partial charge in [-0.1, -0.05) is 29.8 Å². The van der Waals surface area contributed by atoms with Crippen LogP contribution >= 0.6 is 11.6 Å². The molecule has 0 aromatic heterocycles. The Balaban J connectivity index is 1.61. The van der Waals surface area contributed by atoms with Crippen molar-refractivity contribution in [1.82, 2.24) is 10.6 Å². The summed E-state index contributed by atoms with van der Waals surface area (Å²) in [5.41, 5.74) is -0.277. The molecule has 0 bridgehead atoms. The summed E-state index contributed by atoms with van der Waals surface area (Å²) in [5.74, 6) is -7.56. The molecule has 10 heteroatoms. The van der Waals surface area contributed by atoms with Crippen molar-refractivity contribution in [1.29, 1.82) is 0 Å². The van der Waals surface area contributed by atoms with Gasteiger partial charge in [0.2, 0.25) is 0 Å². The molecule has 41 heavy (non-hydrogen) atoms. The smallest absolute Gasteiger partial charge is 0.258 e. The Morgan fingerprint density at radius 2 is 1.66 bits per heavy atom. The summed E-state index contributed by atoms with van der Waals surface area (Å²) < 4.78 is 5.40. The third-order valence-electron chi connectivity index (χ3n) is 8.07. The molecule has 0 aliphatic heterocycles. The molecule has 0 spiro atoms. The number of carbonyl (C=O) groups excluding carboxylic acids is 5. The van der Waals surface area contributed by atoms with Crippen molar-refractivity contribution >= 4 is 40.8 Å². The van der Waals surface area contributed by atoms with Gasteiger partial charge in [0.25, 0.3) is 11.8 Å². The number of fused-ring (bicyclic) bond motifs is 3. The van der Waals surface area contributed by atoms with E-state index >= 15 is 0 Å². The van der Waals surface area contributed by atoms with Crippen LogP contribution in [0.25, 0.3) is 0 Å². The van der Waals surface area contributed by atoms with Crippen molar-refractivity contribution in [2.24, 2.45) is 23.7 Å². The minimum atomic E-state index is -1.34. The Hall–Kier alpha value is -3.98. The van der Waals surface area contributed by atoms with Crippen molar-refractivity contribution < 1.29 is 33.8 Å². The van der Waals surface area contributed by atoms with Crippen molar-refractivity contribution in [2.75, 3.05) is 7.11 Å². The second-order valence-corrected chi connectivity index (χ2v) is 12.2. The van der Waals surface area contributed by atoms with Gasteiger partial charge >= 0.3 is 0 Å². The number of hydrogen-bond donors (Lipinski definition) is 3. The average molecular weight is 579 g/mol. The van der Waals surface area contributed by atoms with Crippen LogP contribution in [0.1, 0.15) is 53.5 Å². The molecule has 2 aromatic rings. The zero-order chi connectivity index (χ0) is 29.8. The Bertz CT molecular complexity index is 1510. The highest BCUT2D eigenvalue weighted by Gasteiger charge is 2.58. The van der Waals surface area contributed by atoms with E-state index in [1.807, 2.05) is 0 Å². The molecule has 3 aliphatic carbocycles. The van der Waals surface area contributed by atoms with E-state index < -0.39 is 75.7 Å². The van der Waals surface area contributed by atoms with Gasteiger partial charge in [-0.05, 0) is 69.4 Å². The summed E-state index contributed by atoms with van der Waals surface area (Å²) in [6.07, 6.45) is 0.426. The van der Waals surface area contributed by atoms with E-state index in [-0.39, 0.29) is 24.0 Å². The van der Waals surface area contributed by atoms with E-state index in [2.05, 4.69) is 10.6 Å². The number of benzene rings is 2. The van der Waals surface area contributed by atoms with Crippen LogP contribution in [0, 0.1) is 23.7 Å². The lowest BCUT2D eigenvalue weighted by molar-refractivity contribution is -0.136. The quantitative estimate of drug-likeness (QED) is 0.372. The topological polar surface area (TPSA) is 139 Å². The van der Waals surface area contributed by atoms with E-state index in [1.165, 1.54) is 7.11 Å². The third-order valence-corrected chi connectivity index (χ3v) is 8.42. The van der Waals surface area contributed by atoms with Gasteiger partial charge in [0.15, 0.2) is 17.3 Å². The Morgan fingerprint density at radius 3 is 2.29 bits per heavy atom. The fourth-order valence-corrected chi connectivity index (χ4v) is 6.61. The van der Waals surface area contributed by atoms with Crippen LogP contribution < -0.4 is 15.4 Å². The van der Waals surface area contributed by atoms with Gasteiger partial charge < -0.3 is 20.5 Å². The van der Waals surface area contributed by atoms with Gasteiger partial charge in [0.1, 0.15) is 17.1 Å². The van der Waals surface area contributed by atoms with Crippen LogP contribution in [0.3, 0.4) is 0 Å². The largest absolute Gasteiger partial charge is 0.511 e. The minimum Gasteiger partial charge on any atom is -0.511 e. The van der Waals surface area contributed by atoms with Gasteiger partial charge in [-0.3, -0.25) is 24.0 Å². The number of ketones is 3. The number of aliphatic hydroxyl groups excluding tert-OH is 1. The fraction of sp³-hybridized carbons (Fsp3) is 0.387. The maximum absolute atomic E-state index is 14.1. The Kier molecular flexibility index (Phi) is 7.27. The van der Waals surface area contributed by atoms with Crippen LogP contribution in [-0.4, -0.2) is 53.0 Å². The number of ether oxygens (including phenoxy) is 1. The first kappa shape index (κ1) is 28.5. The maximum Gasteiger partial charge on any atom is 0.258 e. The third kappa shape index (κ3) is 4.92. The molecule has 2 amide bonds. The predicted octanol–water partition coefficient (Wildman–Crippen LogP) is 3.63. The molecule has 0 radical (unpaired) electrons. The minimum absolute atomic E-state index is 0.156. The van der Waals surface area contributed by atoms with E-state index in [0.29, 0.717) is 16.3 Å². The van der Waals surface area contributed by atoms with Crippen molar-refractivity contribution in [3.63, 3.8) is 0 Å². The van der Waals surface area contributed by atoms with E-state index in [4.69, 9.17) is 16.3 Å². The van der Waals surface area contributed by atoms with E-state index in [9.17, 15) is 29.1 Å². The molecule has 3 aliphatic rings. The number of carbonyl (C=O) groups is 5. The van der Waals surface area contributed by atoms with Crippen molar-refractivity contribution in [3.05, 3.63) is 75.5 Å². The summed E-state index contributed by atoms with van der Waals surface area (Å²) in [4.78, 5) is 68.3. The van der Waals surface area contributed by atoms with Crippen LogP contribution in [0.15, 0.2) is 53.8 Å².